The van der Waals surface area contributed by atoms with E-state index in [9.17, 15) is 0 Å². The average Bonchev–Trinajstić information content (AvgIpc) is 2.29. The molecule has 0 bridgehead atoms. The van der Waals surface area contributed by atoms with Gasteiger partial charge in [0, 0.05) is 24.5 Å². The largest absolute Gasteiger partial charge is 0.481 e. The average molecular weight is 273 g/mol. The van der Waals surface area contributed by atoms with Gasteiger partial charge in [-0.05, 0) is 12.5 Å². The minimum Gasteiger partial charge on any atom is -0.481 e. The number of anilines is 1. The second-order valence-corrected chi connectivity index (χ2v) is 4.01. The molecular weight excluding hydrogens is 256 g/mol. The number of alkyl halides is 1. The Kier molecular flexibility index (Phi) is 5.47. The number of methoxy groups -OCH3 is 1. The maximum atomic E-state index is 5.11. The van der Waals surface area contributed by atoms with E-state index in [0.717, 1.165) is 30.7 Å². The second kappa shape index (κ2) is 6.67. The Labute approximate surface area is 99.6 Å². The van der Waals surface area contributed by atoms with Crippen molar-refractivity contribution in [2.75, 3.05) is 30.4 Å². The summed E-state index contributed by atoms with van der Waals surface area (Å²) in [5.74, 6) is 1.65. The van der Waals surface area contributed by atoms with Gasteiger partial charge in [-0.3, -0.25) is 0 Å². The number of hydrogen-bond donors (Lipinski definition) is 0. The maximum absolute atomic E-state index is 5.11. The predicted octanol–water partition coefficient (Wildman–Crippen LogP) is 2.70. The maximum Gasteiger partial charge on any atom is 0.214 e. The fourth-order valence-electron chi connectivity index (χ4n) is 1.41. The summed E-state index contributed by atoms with van der Waals surface area (Å²) in [4.78, 5) is 6.66. The summed E-state index contributed by atoms with van der Waals surface area (Å²) in [6.45, 7) is 4.15. The number of nitrogens with zero attached hydrogens (tertiary/aromatic N) is 2. The number of hydrogen-bond acceptors (Lipinski definition) is 3. The van der Waals surface area contributed by atoms with Crippen molar-refractivity contribution in [1.82, 2.24) is 4.98 Å². The summed E-state index contributed by atoms with van der Waals surface area (Å²) < 4.78 is 5.11. The highest BCUT2D eigenvalue weighted by Crippen LogP contribution is 2.15. The Hall–Kier alpha value is -0.770. The van der Waals surface area contributed by atoms with Gasteiger partial charge < -0.3 is 9.64 Å². The number of aromatic nitrogens is 1. The highest BCUT2D eigenvalue weighted by Gasteiger charge is 2.06. The van der Waals surface area contributed by atoms with E-state index in [4.69, 9.17) is 4.74 Å². The lowest BCUT2D eigenvalue weighted by atomic mass is 10.3. The van der Waals surface area contributed by atoms with Crippen molar-refractivity contribution in [2.24, 2.45) is 0 Å². The molecule has 0 aliphatic heterocycles. The Balaban J connectivity index is 2.79. The van der Waals surface area contributed by atoms with Crippen LogP contribution in [0.1, 0.15) is 13.3 Å². The molecule has 0 aliphatic carbocycles. The molecule has 0 unspecified atom stereocenters. The number of halogens is 1. The van der Waals surface area contributed by atoms with Crippen molar-refractivity contribution in [2.45, 2.75) is 13.3 Å². The molecule has 0 saturated carbocycles. The smallest absolute Gasteiger partial charge is 0.214 e. The molecule has 0 saturated heterocycles. The second-order valence-electron chi connectivity index (χ2n) is 3.21. The molecule has 1 heterocycles. The Morgan fingerprint density at radius 3 is 2.80 bits per heavy atom. The molecule has 0 amide bonds. The van der Waals surface area contributed by atoms with Crippen molar-refractivity contribution in [3.63, 3.8) is 0 Å². The number of pyridine rings is 1. The SMILES string of the molecule is CCCN(CCBr)c1cccc(OC)n1. The number of ether oxygens (including phenoxy) is 1. The normalized spacial score (nSPS) is 10.1. The predicted molar refractivity (Wildman–Crippen MR) is 67.1 cm³/mol. The molecule has 0 aliphatic rings. The van der Waals surface area contributed by atoms with E-state index in [1.165, 1.54) is 0 Å². The minimum atomic E-state index is 0.670. The van der Waals surface area contributed by atoms with Gasteiger partial charge in [0.25, 0.3) is 0 Å². The first-order chi connectivity index (χ1) is 7.31. The van der Waals surface area contributed by atoms with Gasteiger partial charge >= 0.3 is 0 Å². The Morgan fingerprint density at radius 2 is 2.20 bits per heavy atom. The monoisotopic (exact) mass is 272 g/mol. The molecular formula is C11H17BrN2O. The van der Waals surface area contributed by atoms with Crippen LogP contribution < -0.4 is 9.64 Å². The first-order valence-electron chi connectivity index (χ1n) is 5.13. The minimum absolute atomic E-state index is 0.670. The Bertz CT molecular complexity index is 288. The Morgan fingerprint density at radius 1 is 1.40 bits per heavy atom. The van der Waals surface area contributed by atoms with E-state index in [0.29, 0.717) is 5.88 Å². The molecule has 0 atom stereocenters. The van der Waals surface area contributed by atoms with Crippen LogP contribution >= 0.6 is 15.9 Å². The highest BCUT2D eigenvalue weighted by atomic mass is 79.9. The molecule has 3 nitrogen and oxygen atoms in total. The van der Waals surface area contributed by atoms with Gasteiger partial charge in [0.15, 0.2) is 0 Å². The third-order valence-electron chi connectivity index (χ3n) is 2.09. The summed E-state index contributed by atoms with van der Waals surface area (Å²) in [7, 11) is 1.64. The molecule has 15 heavy (non-hydrogen) atoms. The van der Waals surface area contributed by atoms with Crippen LogP contribution in [0.2, 0.25) is 0 Å². The zero-order valence-electron chi connectivity index (χ0n) is 9.24. The van der Waals surface area contributed by atoms with Crippen molar-refractivity contribution >= 4 is 21.7 Å². The molecule has 0 spiro atoms. The van der Waals surface area contributed by atoms with E-state index < -0.39 is 0 Å². The van der Waals surface area contributed by atoms with Gasteiger partial charge in [0.05, 0.1) is 7.11 Å². The van der Waals surface area contributed by atoms with Gasteiger partial charge in [-0.25, -0.2) is 0 Å². The van der Waals surface area contributed by atoms with E-state index in [1.807, 2.05) is 18.2 Å². The first kappa shape index (κ1) is 12.3. The van der Waals surface area contributed by atoms with Crippen molar-refractivity contribution in [1.29, 1.82) is 0 Å². The van der Waals surface area contributed by atoms with Crippen LogP contribution in [0, 0.1) is 0 Å². The standard InChI is InChI=1S/C11H17BrN2O/c1-3-8-14(9-7-12)10-5-4-6-11(13-10)15-2/h4-6H,3,7-9H2,1-2H3. The van der Waals surface area contributed by atoms with Gasteiger partial charge in [0.1, 0.15) is 5.82 Å². The third kappa shape index (κ3) is 3.70. The summed E-state index contributed by atoms with van der Waals surface area (Å²) >= 11 is 3.45. The van der Waals surface area contributed by atoms with Gasteiger partial charge in [-0.2, -0.15) is 4.98 Å². The van der Waals surface area contributed by atoms with Crippen LogP contribution in [-0.2, 0) is 0 Å². The molecule has 1 rings (SSSR count). The van der Waals surface area contributed by atoms with Crippen LogP contribution in [0.4, 0.5) is 5.82 Å². The molecule has 0 aromatic carbocycles. The van der Waals surface area contributed by atoms with Crippen LogP contribution in [0.5, 0.6) is 5.88 Å². The highest BCUT2D eigenvalue weighted by molar-refractivity contribution is 9.09. The molecule has 1 aromatic heterocycles. The zero-order chi connectivity index (χ0) is 11.1. The van der Waals surface area contributed by atoms with Crippen LogP contribution in [0.15, 0.2) is 18.2 Å². The molecule has 4 heteroatoms. The fraction of sp³-hybridized carbons (Fsp3) is 0.545. The molecule has 0 N–H and O–H groups in total. The third-order valence-corrected chi connectivity index (χ3v) is 2.44. The van der Waals surface area contributed by atoms with Gasteiger partial charge in [0.2, 0.25) is 5.88 Å². The quantitative estimate of drug-likeness (QED) is 0.745. The topological polar surface area (TPSA) is 25.4 Å². The lowest BCUT2D eigenvalue weighted by Gasteiger charge is -2.22. The fourth-order valence-corrected chi connectivity index (χ4v) is 1.83. The summed E-state index contributed by atoms with van der Waals surface area (Å²) in [6, 6.07) is 5.85. The zero-order valence-corrected chi connectivity index (χ0v) is 10.8. The van der Waals surface area contributed by atoms with Crippen LogP contribution in [0.25, 0.3) is 0 Å². The van der Waals surface area contributed by atoms with Gasteiger partial charge in [-0.1, -0.05) is 28.9 Å². The van der Waals surface area contributed by atoms with E-state index in [-0.39, 0.29) is 0 Å². The summed E-state index contributed by atoms with van der Waals surface area (Å²) in [6.07, 6.45) is 1.12. The lowest BCUT2D eigenvalue weighted by Crippen LogP contribution is -2.27. The summed E-state index contributed by atoms with van der Waals surface area (Å²) in [5.41, 5.74) is 0. The van der Waals surface area contributed by atoms with Crippen LogP contribution in [-0.4, -0.2) is 30.5 Å². The van der Waals surface area contributed by atoms with Crippen molar-refractivity contribution in [3.05, 3.63) is 18.2 Å². The molecule has 0 fully saturated rings. The molecule has 0 radical (unpaired) electrons. The van der Waals surface area contributed by atoms with E-state index in [1.54, 1.807) is 7.11 Å². The van der Waals surface area contributed by atoms with Crippen molar-refractivity contribution < 1.29 is 4.74 Å². The van der Waals surface area contributed by atoms with E-state index in [2.05, 4.69) is 32.7 Å². The van der Waals surface area contributed by atoms with Crippen LogP contribution in [0.3, 0.4) is 0 Å². The number of rotatable bonds is 6. The van der Waals surface area contributed by atoms with E-state index >= 15 is 0 Å². The van der Waals surface area contributed by atoms with Gasteiger partial charge in [-0.15, -0.1) is 0 Å². The summed E-state index contributed by atoms with van der Waals surface area (Å²) in [5, 5.41) is 0.950. The first-order valence-corrected chi connectivity index (χ1v) is 6.26. The lowest BCUT2D eigenvalue weighted by molar-refractivity contribution is 0.398. The van der Waals surface area contributed by atoms with Crippen molar-refractivity contribution in [3.8, 4) is 5.88 Å². The molecule has 84 valence electrons. The molecule has 1 aromatic rings.